The molecule has 27 heavy (non-hydrogen) atoms. The van der Waals surface area contributed by atoms with Gasteiger partial charge in [0, 0.05) is 17.7 Å². The number of nitrogens with zero attached hydrogens (tertiary/aromatic N) is 2. The first-order chi connectivity index (χ1) is 13.1. The summed E-state index contributed by atoms with van der Waals surface area (Å²) in [5.41, 5.74) is 5.50. The smallest absolute Gasteiger partial charge is 0.276 e. The summed E-state index contributed by atoms with van der Waals surface area (Å²) in [6, 6.07) is 14.1. The Bertz CT molecular complexity index is 803. The van der Waals surface area contributed by atoms with E-state index in [2.05, 4.69) is 16.0 Å². The van der Waals surface area contributed by atoms with E-state index in [0.29, 0.717) is 24.4 Å². The van der Waals surface area contributed by atoms with Crippen LogP contribution >= 0.6 is 0 Å². The lowest BCUT2D eigenvalue weighted by atomic mass is 10.1. The molecule has 3 rings (SSSR count). The van der Waals surface area contributed by atoms with Crippen molar-refractivity contribution < 1.29 is 19.3 Å². The molecule has 2 aromatic carbocycles. The third kappa shape index (κ3) is 4.83. The lowest BCUT2D eigenvalue weighted by Gasteiger charge is -2.14. The summed E-state index contributed by atoms with van der Waals surface area (Å²) < 4.78 is 6.75. The number of hydrogen-bond acceptors (Lipinski definition) is 4. The fourth-order valence-electron chi connectivity index (χ4n) is 2.91. The molecule has 1 fully saturated rings. The first-order valence-electron chi connectivity index (χ1n) is 8.99. The molecular weight excluding hydrogens is 344 g/mol. The molecule has 1 amide bonds. The molecular formula is C20H25N4O3+. The van der Waals surface area contributed by atoms with Gasteiger partial charge < -0.3 is 15.2 Å². The maximum atomic E-state index is 12.9. The number of anilines is 1. The second-order valence-corrected chi connectivity index (χ2v) is 6.58. The van der Waals surface area contributed by atoms with E-state index in [0.717, 1.165) is 17.5 Å². The van der Waals surface area contributed by atoms with E-state index in [-0.39, 0.29) is 5.91 Å². The van der Waals surface area contributed by atoms with Gasteiger partial charge in [-0.2, -0.15) is 5.43 Å². The fourth-order valence-corrected chi connectivity index (χ4v) is 2.91. The van der Waals surface area contributed by atoms with Crippen LogP contribution in [0.15, 0.2) is 53.8 Å². The standard InChI is InChI=1S/C20H24N4O3/c1-14-5-9-16(10-6-14)21-20(26)19(15-7-11-17(27-2)12-8-15)22-23-24-13-3-4-18(24)25/h5-12,18-19,25H,3-4,13H2,1-2H3,(H,21,26)/p+1. The van der Waals surface area contributed by atoms with Crippen LogP contribution in [0.1, 0.15) is 30.0 Å². The van der Waals surface area contributed by atoms with Crippen LogP contribution < -0.4 is 15.5 Å². The van der Waals surface area contributed by atoms with Gasteiger partial charge in [0.1, 0.15) is 12.3 Å². The zero-order valence-corrected chi connectivity index (χ0v) is 15.6. The van der Waals surface area contributed by atoms with Gasteiger partial charge in [0.05, 0.1) is 12.3 Å². The summed E-state index contributed by atoms with van der Waals surface area (Å²) in [5.74, 6) is 0.477. The number of carbonyl (C=O) groups excluding carboxylic acids is 1. The average Bonchev–Trinajstić information content (AvgIpc) is 3.09. The third-order valence-corrected chi connectivity index (χ3v) is 4.54. The lowest BCUT2D eigenvalue weighted by molar-refractivity contribution is -0.649. The van der Waals surface area contributed by atoms with Crippen molar-refractivity contribution in [3.63, 3.8) is 0 Å². The number of aryl methyl sites for hydroxylation is 1. The van der Waals surface area contributed by atoms with Crippen LogP contribution in [0.5, 0.6) is 5.75 Å². The minimum Gasteiger partial charge on any atom is -0.497 e. The van der Waals surface area contributed by atoms with E-state index in [4.69, 9.17) is 4.74 Å². The highest BCUT2D eigenvalue weighted by molar-refractivity contribution is 5.95. The molecule has 1 saturated heterocycles. The first-order valence-corrected chi connectivity index (χ1v) is 8.99. The Balaban J connectivity index is 1.81. The van der Waals surface area contributed by atoms with Crippen LogP contribution in [0.2, 0.25) is 0 Å². The monoisotopic (exact) mass is 369 g/mol. The van der Waals surface area contributed by atoms with Crippen LogP contribution in [-0.4, -0.2) is 35.6 Å². The van der Waals surface area contributed by atoms with E-state index < -0.39 is 12.3 Å². The molecule has 0 aliphatic carbocycles. The summed E-state index contributed by atoms with van der Waals surface area (Å²) in [6.07, 6.45) is 0.928. The molecule has 1 aliphatic heterocycles. The van der Waals surface area contributed by atoms with Crippen LogP contribution in [-0.2, 0) is 4.79 Å². The lowest BCUT2D eigenvalue weighted by Crippen LogP contribution is -2.32. The molecule has 2 aromatic rings. The van der Waals surface area contributed by atoms with Crippen LogP contribution in [0, 0.1) is 6.92 Å². The summed E-state index contributed by atoms with van der Waals surface area (Å²) in [7, 11) is 1.60. The number of rotatable bonds is 6. The number of amides is 1. The second-order valence-electron chi connectivity index (χ2n) is 6.58. The van der Waals surface area contributed by atoms with Gasteiger partial charge in [-0.15, -0.1) is 4.70 Å². The van der Waals surface area contributed by atoms with E-state index in [9.17, 15) is 9.90 Å². The van der Waals surface area contributed by atoms with Crippen molar-refractivity contribution in [1.82, 2.24) is 5.43 Å². The molecule has 0 spiro atoms. The Labute approximate surface area is 158 Å². The molecule has 0 bridgehead atoms. The average molecular weight is 369 g/mol. The minimum atomic E-state index is -0.704. The van der Waals surface area contributed by atoms with Crippen molar-refractivity contribution in [2.75, 3.05) is 19.0 Å². The van der Waals surface area contributed by atoms with E-state index in [1.807, 2.05) is 43.3 Å². The maximum absolute atomic E-state index is 12.9. The molecule has 0 aromatic heterocycles. The van der Waals surface area contributed by atoms with E-state index in [1.165, 1.54) is 0 Å². The Morgan fingerprint density at radius 2 is 1.93 bits per heavy atom. The fraction of sp³-hybridized carbons (Fsp3) is 0.350. The SMILES string of the molecule is COc1ccc(C(N/N=[N+]2\CCCC2O)C(=O)Nc2ccc(C)cc2)cc1. The number of nitrogens with one attached hydrogen (secondary N) is 2. The quantitative estimate of drug-likeness (QED) is 0.540. The van der Waals surface area contributed by atoms with Crippen molar-refractivity contribution in [1.29, 1.82) is 0 Å². The largest absolute Gasteiger partial charge is 0.497 e. The molecule has 1 heterocycles. The first kappa shape index (κ1) is 18.8. The van der Waals surface area contributed by atoms with Crippen molar-refractivity contribution in [3.8, 4) is 5.75 Å². The molecule has 2 atom stereocenters. The minimum absolute atomic E-state index is 0.235. The highest BCUT2D eigenvalue weighted by Gasteiger charge is 2.28. The van der Waals surface area contributed by atoms with Crippen molar-refractivity contribution in [2.24, 2.45) is 5.22 Å². The van der Waals surface area contributed by atoms with Crippen LogP contribution in [0.3, 0.4) is 0 Å². The second kappa shape index (κ2) is 8.64. The molecule has 7 nitrogen and oxygen atoms in total. The predicted octanol–water partition coefficient (Wildman–Crippen LogP) is 2.76. The number of benzene rings is 2. The molecule has 142 valence electrons. The third-order valence-electron chi connectivity index (χ3n) is 4.54. The highest BCUT2D eigenvalue weighted by atomic mass is 16.5. The van der Waals surface area contributed by atoms with E-state index in [1.54, 1.807) is 23.9 Å². The van der Waals surface area contributed by atoms with Gasteiger partial charge in [0.2, 0.25) is 12.3 Å². The summed E-state index contributed by atoms with van der Waals surface area (Å²) in [6.45, 7) is 2.65. The van der Waals surface area contributed by atoms with Crippen LogP contribution in [0.25, 0.3) is 0 Å². The molecule has 3 N–H and O–H groups in total. The Hall–Kier alpha value is -2.93. The van der Waals surface area contributed by atoms with Crippen molar-refractivity contribution in [3.05, 3.63) is 59.7 Å². The summed E-state index contributed by atoms with van der Waals surface area (Å²) in [5, 5.41) is 17.1. The van der Waals surface area contributed by atoms with Gasteiger partial charge in [-0.05, 0) is 37.6 Å². The molecule has 1 aliphatic rings. The van der Waals surface area contributed by atoms with Gasteiger partial charge in [-0.3, -0.25) is 4.79 Å². The summed E-state index contributed by atoms with van der Waals surface area (Å²) in [4.78, 5) is 12.9. The maximum Gasteiger partial charge on any atom is 0.276 e. The van der Waals surface area contributed by atoms with Gasteiger partial charge >= 0.3 is 0 Å². The van der Waals surface area contributed by atoms with Gasteiger partial charge in [-0.25, -0.2) is 0 Å². The van der Waals surface area contributed by atoms with Crippen molar-refractivity contribution >= 4 is 11.6 Å². The van der Waals surface area contributed by atoms with E-state index >= 15 is 0 Å². The number of aliphatic hydroxyl groups is 1. The number of carbonyl (C=O) groups is 1. The number of ether oxygens (including phenoxy) is 1. The highest BCUT2D eigenvalue weighted by Crippen LogP contribution is 2.20. The van der Waals surface area contributed by atoms with Gasteiger partial charge in [-0.1, -0.05) is 29.8 Å². The molecule has 2 unspecified atom stereocenters. The zero-order chi connectivity index (χ0) is 19.2. The number of methoxy groups -OCH3 is 1. The molecule has 0 saturated carbocycles. The zero-order valence-electron chi connectivity index (χ0n) is 15.6. The predicted molar refractivity (Wildman–Crippen MR) is 101 cm³/mol. The topological polar surface area (TPSA) is 86.0 Å². The van der Waals surface area contributed by atoms with Gasteiger partial charge in [0.15, 0.2) is 0 Å². The summed E-state index contributed by atoms with van der Waals surface area (Å²) >= 11 is 0. The van der Waals surface area contributed by atoms with Gasteiger partial charge in [0.25, 0.3) is 5.91 Å². The normalized spacial score (nSPS) is 18.9. The number of aliphatic hydroxyl groups excluding tert-OH is 1. The Morgan fingerprint density at radius 1 is 1.22 bits per heavy atom. The Kier molecular flexibility index (Phi) is 6.03. The van der Waals surface area contributed by atoms with Crippen LogP contribution in [0.4, 0.5) is 5.69 Å². The Morgan fingerprint density at radius 3 is 2.52 bits per heavy atom. The number of hydrogen-bond donors (Lipinski definition) is 3. The van der Waals surface area contributed by atoms with Crippen molar-refractivity contribution in [2.45, 2.75) is 32.0 Å². The molecule has 0 radical (unpaired) electrons. The molecule has 7 heteroatoms.